The number of nitrogens with zero attached hydrogens (tertiary/aromatic N) is 7. The molecule has 0 bridgehead atoms. The van der Waals surface area contributed by atoms with Crippen LogP contribution in [0.4, 0.5) is 13.2 Å². The van der Waals surface area contributed by atoms with Crippen molar-refractivity contribution in [2.75, 3.05) is 13.2 Å². The lowest BCUT2D eigenvalue weighted by Crippen LogP contribution is -2.31. The lowest BCUT2D eigenvalue weighted by Gasteiger charge is -2.22. The van der Waals surface area contributed by atoms with E-state index >= 15 is 0 Å². The molecule has 0 radical (unpaired) electrons. The van der Waals surface area contributed by atoms with Crippen LogP contribution in [0.5, 0.6) is 5.75 Å². The number of benzene rings is 2. The fraction of sp³-hybridized carbons (Fsp3) is 0.269. The summed E-state index contributed by atoms with van der Waals surface area (Å²) in [4.78, 5) is 27.3. The van der Waals surface area contributed by atoms with Crippen molar-refractivity contribution in [2.45, 2.75) is 31.8 Å². The summed E-state index contributed by atoms with van der Waals surface area (Å²) in [5.41, 5.74) is 2.64. The second-order valence-electron chi connectivity index (χ2n) is 9.09. The molecular weight excluding hydrogens is 515 g/mol. The zero-order chi connectivity index (χ0) is 27.1. The third-order valence-corrected chi connectivity index (χ3v) is 6.61. The zero-order valence-corrected chi connectivity index (χ0v) is 20.3. The molecule has 5 aromatic rings. The Morgan fingerprint density at radius 3 is 2.69 bits per heavy atom. The van der Waals surface area contributed by atoms with Gasteiger partial charge in [0, 0.05) is 19.3 Å². The van der Waals surface area contributed by atoms with E-state index in [0.29, 0.717) is 59.4 Å². The number of fused-ring (bicyclic) bond motifs is 2. The van der Waals surface area contributed by atoms with Gasteiger partial charge >= 0.3 is 12.1 Å². The smallest absolute Gasteiger partial charge is 0.406 e. The van der Waals surface area contributed by atoms with E-state index in [1.165, 1.54) is 29.0 Å². The number of aromatic nitrogens is 6. The molecule has 3 aromatic heterocycles. The van der Waals surface area contributed by atoms with Crippen molar-refractivity contribution in [1.29, 1.82) is 5.26 Å². The number of halogens is 3. The van der Waals surface area contributed by atoms with E-state index < -0.39 is 6.36 Å². The highest BCUT2D eigenvalue weighted by atomic mass is 19.4. The predicted molar refractivity (Wildman–Crippen MR) is 132 cm³/mol. The predicted octanol–water partition coefficient (Wildman–Crippen LogP) is 4.10. The first-order chi connectivity index (χ1) is 18.8. The normalized spacial score (nSPS) is 14.6. The maximum absolute atomic E-state index is 13.8. The number of nitriles is 1. The number of rotatable bonds is 5. The van der Waals surface area contributed by atoms with Gasteiger partial charge in [0.15, 0.2) is 5.65 Å². The first-order valence-corrected chi connectivity index (χ1v) is 12.1. The van der Waals surface area contributed by atoms with Crippen LogP contribution in [0.25, 0.3) is 28.1 Å². The Bertz CT molecular complexity index is 1790. The van der Waals surface area contributed by atoms with Crippen LogP contribution in [0.3, 0.4) is 0 Å². The fourth-order valence-corrected chi connectivity index (χ4v) is 4.85. The number of imidazole rings is 2. The summed E-state index contributed by atoms with van der Waals surface area (Å²) in [7, 11) is 0. The van der Waals surface area contributed by atoms with Gasteiger partial charge in [0.25, 0.3) is 0 Å². The molecule has 0 saturated carbocycles. The molecule has 198 valence electrons. The minimum atomic E-state index is -4.83. The average Bonchev–Trinajstić information content (AvgIpc) is 3.46. The number of alkyl halides is 3. The number of ether oxygens (including phenoxy) is 2. The van der Waals surface area contributed by atoms with Gasteiger partial charge in [-0.15, -0.1) is 13.2 Å². The molecule has 0 amide bonds. The van der Waals surface area contributed by atoms with E-state index in [1.54, 1.807) is 39.7 Å². The molecule has 39 heavy (non-hydrogen) atoms. The maximum Gasteiger partial charge on any atom is 0.573 e. The summed E-state index contributed by atoms with van der Waals surface area (Å²) in [6.07, 6.45) is -0.554. The molecule has 10 nitrogen and oxygen atoms in total. The van der Waals surface area contributed by atoms with Gasteiger partial charge in [-0.1, -0.05) is 12.1 Å². The third kappa shape index (κ3) is 4.70. The Hall–Kier alpha value is -4.70. The molecule has 1 aliphatic rings. The van der Waals surface area contributed by atoms with Crippen LogP contribution in [0, 0.1) is 11.3 Å². The quantitative estimate of drug-likeness (QED) is 0.333. The van der Waals surface area contributed by atoms with Crippen LogP contribution < -0.4 is 10.4 Å². The molecular formula is C26H20F3N7O3. The second-order valence-corrected chi connectivity index (χ2v) is 9.09. The Kier molecular flexibility index (Phi) is 6.03. The standard InChI is InChI=1S/C26H20F3N7O3/c27-26(28,29)39-19-3-1-2-17(10-19)14-34-22-13-31-24(35-15-32-20-5-4-16(12-30)11-21(20)35)33-23(22)36(25(34)37)18-6-8-38-9-7-18/h1-5,10-11,13,15,18H,6-9,14H2. The van der Waals surface area contributed by atoms with Gasteiger partial charge in [0.2, 0.25) is 5.95 Å². The number of hydrogen-bond acceptors (Lipinski definition) is 7. The van der Waals surface area contributed by atoms with Crippen LogP contribution in [0.1, 0.15) is 30.0 Å². The van der Waals surface area contributed by atoms with E-state index in [4.69, 9.17) is 9.72 Å². The summed E-state index contributed by atoms with van der Waals surface area (Å²) in [5.74, 6) is -0.109. The first kappa shape index (κ1) is 24.6. The maximum atomic E-state index is 13.8. The minimum Gasteiger partial charge on any atom is -0.406 e. The topological polar surface area (TPSA) is 113 Å². The highest BCUT2D eigenvalue weighted by molar-refractivity contribution is 5.79. The minimum absolute atomic E-state index is 0.0111. The molecule has 4 heterocycles. The van der Waals surface area contributed by atoms with E-state index in [9.17, 15) is 23.2 Å². The molecule has 0 unspecified atom stereocenters. The van der Waals surface area contributed by atoms with E-state index in [1.807, 2.05) is 0 Å². The molecule has 13 heteroatoms. The van der Waals surface area contributed by atoms with Gasteiger partial charge < -0.3 is 9.47 Å². The lowest BCUT2D eigenvalue weighted by molar-refractivity contribution is -0.274. The summed E-state index contributed by atoms with van der Waals surface area (Å²) < 4.78 is 52.5. The molecule has 0 N–H and O–H groups in total. The Labute approximate surface area is 218 Å². The van der Waals surface area contributed by atoms with Gasteiger partial charge in [-0.25, -0.2) is 14.8 Å². The van der Waals surface area contributed by atoms with Crippen molar-refractivity contribution in [1.82, 2.24) is 28.7 Å². The van der Waals surface area contributed by atoms with Gasteiger partial charge in [-0.05, 0) is 48.7 Å². The van der Waals surface area contributed by atoms with E-state index in [-0.39, 0.29) is 30.0 Å². The second kappa shape index (κ2) is 9.55. The van der Waals surface area contributed by atoms with Crippen molar-refractivity contribution in [3.63, 3.8) is 0 Å². The van der Waals surface area contributed by atoms with Crippen molar-refractivity contribution < 1.29 is 22.6 Å². The summed E-state index contributed by atoms with van der Waals surface area (Å²) in [6.45, 7) is 0.964. The van der Waals surface area contributed by atoms with E-state index in [0.717, 1.165) is 0 Å². The molecule has 0 spiro atoms. The van der Waals surface area contributed by atoms with Crippen molar-refractivity contribution in [3.8, 4) is 17.8 Å². The molecule has 0 aliphatic carbocycles. The van der Waals surface area contributed by atoms with Gasteiger partial charge in [-0.3, -0.25) is 13.7 Å². The van der Waals surface area contributed by atoms with Crippen molar-refractivity contribution >= 4 is 22.2 Å². The first-order valence-electron chi connectivity index (χ1n) is 12.1. The van der Waals surface area contributed by atoms with Gasteiger partial charge in [0.05, 0.1) is 35.4 Å². The molecule has 2 aromatic carbocycles. The largest absolute Gasteiger partial charge is 0.573 e. The SMILES string of the molecule is N#Cc1ccc2ncn(-c3ncc4c(n3)n(C3CCOCC3)c(=O)n4Cc3cccc(OC(F)(F)F)c3)c2c1. The monoisotopic (exact) mass is 535 g/mol. The van der Waals surface area contributed by atoms with Crippen molar-refractivity contribution in [3.05, 3.63) is 76.6 Å². The highest BCUT2D eigenvalue weighted by Gasteiger charge is 2.31. The van der Waals surface area contributed by atoms with Crippen LogP contribution in [-0.4, -0.2) is 48.2 Å². The Morgan fingerprint density at radius 1 is 1.10 bits per heavy atom. The average molecular weight is 535 g/mol. The Morgan fingerprint density at radius 2 is 1.92 bits per heavy atom. The zero-order valence-electron chi connectivity index (χ0n) is 20.3. The molecule has 1 saturated heterocycles. The summed E-state index contributed by atoms with van der Waals surface area (Å²) in [5, 5.41) is 9.32. The van der Waals surface area contributed by atoms with Gasteiger partial charge in [0.1, 0.15) is 17.6 Å². The molecule has 6 rings (SSSR count). The van der Waals surface area contributed by atoms with Crippen LogP contribution in [-0.2, 0) is 11.3 Å². The highest BCUT2D eigenvalue weighted by Crippen LogP contribution is 2.27. The van der Waals surface area contributed by atoms with E-state index in [2.05, 4.69) is 20.8 Å². The van der Waals surface area contributed by atoms with Crippen LogP contribution >= 0.6 is 0 Å². The third-order valence-electron chi connectivity index (χ3n) is 6.61. The summed E-state index contributed by atoms with van der Waals surface area (Å²) in [6, 6.07) is 12.5. The summed E-state index contributed by atoms with van der Waals surface area (Å²) >= 11 is 0. The molecule has 1 aliphatic heterocycles. The Balaban J connectivity index is 1.48. The fourth-order valence-electron chi connectivity index (χ4n) is 4.85. The van der Waals surface area contributed by atoms with Crippen molar-refractivity contribution in [2.24, 2.45) is 0 Å². The molecule has 0 atom stereocenters. The lowest BCUT2D eigenvalue weighted by atomic mass is 10.1. The molecule has 1 fully saturated rings. The van der Waals surface area contributed by atoms with Crippen LogP contribution in [0.15, 0.2) is 59.8 Å². The van der Waals surface area contributed by atoms with Gasteiger partial charge in [-0.2, -0.15) is 10.2 Å². The van der Waals surface area contributed by atoms with Crippen LogP contribution in [0.2, 0.25) is 0 Å². The number of hydrogen-bond donors (Lipinski definition) is 0.